The second-order valence-electron chi connectivity index (χ2n) is 13.2. The van der Waals surface area contributed by atoms with Crippen LogP contribution in [0.5, 0.6) is 0 Å². The van der Waals surface area contributed by atoms with Crippen LogP contribution in [0.2, 0.25) is 17.3 Å². The zero-order valence-electron chi connectivity index (χ0n) is 27.6. The first-order chi connectivity index (χ1) is 23.9. The van der Waals surface area contributed by atoms with Gasteiger partial charge in [-0.15, -0.1) is 35.9 Å². The number of hydrogen-bond acceptors (Lipinski definition) is 5. The Kier molecular flexibility index (Phi) is 8.19. The van der Waals surface area contributed by atoms with Crippen LogP contribution in [-0.4, -0.2) is 23.2 Å². The zero-order chi connectivity index (χ0) is 33.1. The molecule has 0 unspecified atom stereocenters. The summed E-state index contributed by atoms with van der Waals surface area (Å²) in [7, 11) is 0. The standard InChI is InChI=1S/C32H22GeNO3.C11H8N.Ir/c1-33(2,3)25-12-7-10-20-24-17-34-26(16-28(24)36-30(20)25)23-11-6-9-19-22-15-14-21-18-8-4-5-13-27(18)35-31(21)32(22)37-29(19)23;1-2-6-10(7-3-1)11-8-4-5-9-12-11;/h4-10,12-17H,1-3H3;1-6,8-9H;/q2*-1;. The number of pyridine rings is 2. The van der Waals surface area contributed by atoms with Gasteiger partial charge in [0.1, 0.15) is 5.58 Å². The zero-order valence-corrected chi connectivity index (χ0v) is 32.1. The number of para-hydroxylation sites is 2. The Bertz CT molecular complexity index is 2780. The summed E-state index contributed by atoms with van der Waals surface area (Å²) in [5.41, 5.74) is 8.55. The van der Waals surface area contributed by atoms with Gasteiger partial charge in [0.05, 0.1) is 0 Å². The van der Waals surface area contributed by atoms with Crippen LogP contribution in [0.25, 0.3) is 88.3 Å². The van der Waals surface area contributed by atoms with E-state index in [1.54, 1.807) is 6.20 Å². The molecule has 0 spiro atoms. The molecule has 0 fully saturated rings. The smallest absolute Gasteiger partial charge is 0.0160 e. The number of rotatable bonds is 3. The van der Waals surface area contributed by atoms with Gasteiger partial charge in [-0.05, 0) is 17.8 Å². The minimum atomic E-state index is -2.11. The molecule has 50 heavy (non-hydrogen) atoms. The van der Waals surface area contributed by atoms with Gasteiger partial charge in [-0.2, -0.15) is 0 Å². The molecule has 0 N–H and O–H groups in total. The molecule has 0 aliphatic heterocycles. The van der Waals surface area contributed by atoms with Crippen molar-refractivity contribution in [3.63, 3.8) is 0 Å². The van der Waals surface area contributed by atoms with E-state index in [2.05, 4.69) is 70.8 Å². The number of aromatic nitrogens is 2. The molecule has 5 aromatic heterocycles. The Morgan fingerprint density at radius 2 is 1.24 bits per heavy atom. The largest absolute Gasteiger partial charge is 0.305 e. The van der Waals surface area contributed by atoms with Crippen molar-refractivity contribution in [2.75, 3.05) is 0 Å². The molecule has 5 heterocycles. The van der Waals surface area contributed by atoms with Crippen molar-refractivity contribution in [1.29, 1.82) is 0 Å². The molecule has 0 aliphatic rings. The maximum absolute atomic E-state index is 6.53. The Labute approximate surface area is 304 Å². The number of benzene rings is 5. The molecule has 0 aliphatic carbocycles. The minimum Gasteiger partial charge on any atom is -0.305 e. The van der Waals surface area contributed by atoms with Gasteiger partial charge in [0.25, 0.3) is 0 Å². The minimum absolute atomic E-state index is 0. The molecule has 7 heteroatoms. The average molecular weight is 888 g/mol. The molecule has 0 amide bonds. The van der Waals surface area contributed by atoms with Gasteiger partial charge in [0, 0.05) is 31.7 Å². The second kappa shape index (κ2) is 12.7. The SMILES string of the molecule is [CH3][Ge]([CH3])([CH3])[c]1cccc2c1oc1cc(-c3[c-]ccc4c3oc3c4ccc4c5ccccc5oc43)ncc12.[Ir].[c-]1ccccc1-c1ccccn1. The third kappa shape index (κ3) is 5.45. The van der Waals surface area contributed by atoms with Crippen molar-refractivity contribution < 1.29 is 33.4 Å². The Hall–Kier alpha value is -5.01. The fraction of sp³-hybridized carbons (Fsp3) is 0.0698. The van der Waals surface area contributed by atoms with E-state index in [0.717, 1.165) is 88.3 Å². The normalized spacial score (nSPS) is 11.7. The van der Waals surface area contributed by atoms with Crippen molar-refractivity contribution in [3.05, 3.63) is 140 Å². The van der Waals surface area contributed by atoms with Crippen molar-refractivity contribution in [2.45, 2.75) is 17.3 Å². The van der Waals surface area contributed by atoms with Gasteiger partial charge in [-0.25, -0.2) is 0 Å². The summed E-state index contributed by atoms with van der Waals surface area (Å²) in [5.74, 6) is 7.17. The summed E-state index contributed by atoms with van der Waals surface area (Å²) < 4.78 is 20.6. The monoisotopic (exact) mass is 889 g/mol. The molecule has 10 rings (SSSR count). The third-order valence-electron chi connectivity index (χ3n) is 9.04. The van der Waals surface area contributed by atoms with Crippen LogP contribution in [0.1, 0.15) is 0 Å². The number of fused-ring (bicyclic) bond motifs is 10. The van der Waals surface area contributed by atoms with Crippen molar-refractivity contribution >= 4 is 83.5 Å². The van der Waals surface area contributed by atoms with Gasteiger partial charge >= 0.3 is 180 Å². The maximum atomic E-state index is 6.53. The van der Waals surface area contributed by atoms with E-state index in [1.807, 2.05) is 85.1 Å². The average Bonchev–Trinajstić information content (AvgIpc) is 3.83. The first-order valence-electron chi connectivity index (χ1n) is 16.3. The van der Waals surface area contributed by atoms with E-state index in [9.17, 15) is 0 Å². The molecular weight excluding hydrogens is 857 g/mol. The molecule has 1 radical (unpaired) electrons. The van der Waals surface area contributed by atoms with Gasteiger partial charge in [-0.1, -0.05) is 30.3 Å². The van der Waals surface area contributed by atoms with E-state index in [0.29, 0.717) is 0 Å². The first-order valence-corrected chi connectivity index (χ1v) is 23.7. The van der Waals surface area contributed by atoms with Crippen LogP contribution in [0.15, 0.2) is 141 Å². The summed E-state index contributed by atoms with van der Waals surface area (Å²) in [6.45, 7) is 0. The first kappa shape index (κ1) is 32.2. The molecule has 0 saturated heterocycles. The second-order valence-corrected chi connectivity index (χ2v) is 23.8. The number of nitrogens with zero attached hydrogens (tertiary/aromatic N) is 2. The van der Waals surface area contributed by atoms with E-state index in [-0.39, 0.29) is 20.1 Å². The maximum Gasteiger partial charge on any atom is 0.0160 e. The Morgan fingerprint density at radius 3 is 2.04 bits per heavy atom. The van der Waals surface area contributed by atoms with Crippen molar-refractivity contribution in [2.24, 2.45) is 0 Å². The Balaban J connectivity index is 0.000000236. The van der Waals surface area contributed by atoms with Crippen LogP contribution < -0.4 is 4.40 Å². The number of furan rings is 3. The predicted molar refractivity (Wildman–Crippen MR) is 202 cm³/mol. The third-order valence-corrected chi connectivity index (χ3v) is 13.3. The molecule has 5 nitrogen and oxygen atoms in total. The molecular formula is C43H30GeIrN2O3-2. The van der Waals surface area contributed by atoms with Crippen LogP contribution in [0.3, 0.4) is 0 Å². The quantitative estimate of drug-likeness (QED) is 0.131. The Morgan fingerprint density at radius 1 is 0.520 bits per heavy atom. The van der Waals surface area contributed by atoms with Gasteiger partial charge in [-0.3, -0.25) is 0 Å². The molecule has 10 aromatic rings. The fourth-order valence-corrected chi connectivity index (χ4v) is 9.74. The molecule has 245 valence electrons. The molecule has 5 aromatic carbocycles. The van der Waals surface area contributed by atoms with E-state index in [1.165, 1.54) is 4.40 Å². The van der Waals surface area contributed by atoms with Crippen LogP contribution in [-0.2, 0) is 20.1 Å². The predicted octanol–water partition coefficient (Wildman–Crippen LogP) is 11.3. The summed E-state index contributed by atoms with van der Waals surface area (Å²) in [6.07, 6.45) is 3.71. The van der Waals surface area contributed by atoms with E-state index >= 15 is 0 Å². The molecule has 0 saturated carbocycles. The number of hydrogen-bond donors (Lipinski definition) is 0. The summed E-state index contributed by atoms with van der Waals surface area (Å²) in [6, 6.07) is 45.0. The van der Waals surface area contributed by atoms with Crippen molar-refractivity contribution in [1.82, 2.24) is 9.97 Å². The van der Waals surface area contributed by atoms with Crippen LogP contribution in [0.4, 0.5) is 0 Å². The van der Waals surface area contributed by atoms with Crippen molar-refractivity contribution in [3.8, 4) is 22.5 Å². The van der Waals surface area contributed by atoms with Gasteiger partial charge < -0.3 is 4.98 Å². The summed E-state index contributed by atoms with van der Waals surface area (Å²) in [5, 5.41) is 6.33. The van der Waals surface area contributed by atoms with E-state index < -0.39 is 13.3 Å². The molecule has 0 bridgehead atoms. The summed E-state index contributed by atoms with van der Waals surface area (Å²) >= 11 is -2.11. The summed E-state index contributed by atoms with van der Waals surface area (Å²) in [4.78, 5) is 9.07. The topological polar surface area (TPSA) is 65.2 Å². The van der Waals surface area contributed by atoms with Gasteiger partial charge in [0.2, 0.25) is 0 Å². The van der Waals surface area contributed by atoms with Crippen LogP contribution in [0, 0.1) is 12.1 Å². The van der Waals surface area contributed by atoms with Crippen LogP contribution >= 0.6 is 0 Å². The molecule has 0 atom stereocenters. The van der Waals surface area contributed by atoms with E-state index in [4.69, 9.17) is 18.2 Å². The van der Waals surface area contributed by atoms with Gasteiger partial charge in [0.15, 0.2) is 0 Å². The fourth-order valence-electron chi connectivity index (χ4n) is 6.67.